The van der Waals surface area contributed by atoms with Gasteiger partial charge in [-0.3, -0.25) is 4.79 Å². The van der Waals surface area contributed by atoms with E-state index in [1.165, 1.54) is 0 Å². The van der Waals surface area contributed by atoms with Crippen LogP contribution in [0.2, 0.25) is 0 Å². The lowest BCUT2D eigenvalue weighted by molar-refractivity contribution is -0.132. The molecular formula is C11H17N3O. The van der Waals surface area contributed by atoms with Crippen LogP contribution in [-0.4, -0.2) is 27.3 Å². The van der Waals surface area contributed by atoms with Crippen LogP contribution < -0.4 is 0 Å². The van der Waals surface area contributed by atoms with Crippen molar-refractivity contribution >= 4 is 5.91 Å². The third-order valence-corrected chi connectivity index (χ3v) is 2.87. The van der Waals surface area contributed by atoms with Crippen LogP contribution >= 0.6 is 0 Å². The minimum atomic E-state index is 0.180. The van der Waals surface area contributed by atoms with E-state index >= 15 is 0 Å². The Labute approximate surface area is 89.7 Å². The Kier molecular flexibility index (Phi) is 3.04. The first-order valence-corrected chi connectivity index (χ1v) is 5.61. The molecular weight excluding hydrogens is 190 g/mol. The maximum atomic E-state index is 11.8. The van der Waals surface area contributed by atoms with Crippen molar-refractivity contribution in [3.05, 3.63) is 18.2 Å². The quantitative estimate of drug-likeness (QED) is 0.822. The Hall–Kier alpha value is -1.32. The molecule has 4 heteroatoms. The molecule has 1 amide bonds. The van der Waals surface area contributed by atoms with Crippen molar-refractivity contribution in [3.8, 4) is 0 Å². The second-order valence-corrected chi connectivity index (χ2v) is 3.97. The van der Waals surface area contributed by atoms with Gasteiger partial charge in [0.05, 0.1) is 6.04 Å². The first kappa shape index (κ1) is 10.2. The minimum Gasteiger partial charge on any atom is -0.347 e. The number of nitrogens with one attached hydrogen (secondary N) is 1. The van der Waals surface area contributed by atoms with Gasteiger partial charge in [-0.2, -0.15) is 0 Å². The summed E-state index contributed by atoms with van der Waals surface area (Å²) in [5.41, 5.74) is 0. The lowest BCUT2D eigenvalue weighted by Crippen LogP contribution is -2.30. The topological polar surface area (TPSA) is 49.0 Å². The summed E-state index contributed by atoms with van der Waals surface area (Å²) in [7, 11) is 0. The first-order valence-electron chi connectivity index (χ1n) is 5.61. The molecule has 1 aliphatic rings. The summed E-state index contributed by atoms with van der Waals surface area (Å²) in [6, 6.07) is 0.180. The van der Waals surface area contributed by atoms with Gasteiger partial charge in [-0.15, -0.1) is 0 Å². The van der Waals surface area contributed by atoms with Gasteiger partial charge in [-0.25, -0.2) is 4.98 Å². The molecule has 1 aromatic rings. The molecule has 0 unspecified atom stereocenters. The Balaban J connectivity index is 2.08. The highest BCUT2D eigenvalue weighted by atomic mass is 16.2. The summed E-state index contributed by atoms with van der Waals surface area (Å²) < 4.78 is 0. The van der Waals surface area contributed by atoms with E-state index in [0.717, 1.165) is 31.6 Å². The van der Waals surface area contributed by atoms with E-state index in [9.17, 15) is 4.79 Å². The Bertz CT molecular complexity index is 321. The number of aromatic nitrogens is 2. The van der Waals surface area contributed by atoms with E-state index in [-0.39, 0.29) is 11.9 Å². The zero-order valence-electron chi connectivity index (χ0n) is 9.07. The van der Waals surface area contributed by atoms with Gasteiger partial charge in [-0.05, 0) is 19.3 Å². The Morgan fingerprint density at radius 1 is 1.73 bits per heavy atom. The molecule has 0 spiro atoms. The Morgan fingerprint density at radius 3 is 3.27 bits per heavy atom. The summed E-state index contributed by atoms with van der Waals surface area (Å²) in [6.45, 7) is 2.92. The molecule has 4 nitrogen and oxygen atoms in total. The van der Waals surface area contributed by atoms with E-state index in [1.807, 2.05) is 18.0 Å². The second kappa shape index (κ2) is 4.47. The maximum Gasteiger partial charge on any atom is 0.223 e. The molecule has 15 heavy (non-hydrogen) atoms. The van der Waals surface area contributed by atoms with Gasteiger partial charge in [0.2, 0.25) is 5.91 Å². The van der Waals surface area contributed by atoms with E-state index in [2.05, 4.69) is 9.97 Å². The number of amides is 1. The van der Waals surface area contributed by atoms with Crippen molar-refractivity contribution in [2.75, 3.05) is 6.54 Å². The fourth-order valence-corrected chi connectivity index (χ4v) is 2.17. The van der Waals surface area contributed by atoms with Crippen molar-refractivity contribution in [3.63, 3.8) is 0 Å². The zero-order valence-corrected chi connectivity index (χ0v) is 9.07. The number of nitrogens with zero attached hydrogens (tertiary/aromatic N) is 2. The zero-order chi connectivity index (χ0) is 10.7. The monoisotopic (exact) mass is 207 g/mol. The number of imidazole rings is 1. The summed E-state index contributed by atoms with van der Waals surface area (Å²) in [6.07, 6.45) is 7.24. The van der Waals surface area contributed by atoms with Gasteiger partial charge in [0.25, 0.3) is 0 Å². The van der Waals surface area contributed by atoms with Gasteiger partial charge in [0, 0.05) is 25.4 Å². The normalized spacial score (nSPS) is 20.9. The van der Waals surface area contributed by atoms with E-state index in [4.69, 9.17) is 0 Å². The smallest absolute Gasteiger partial charge is 0.223 e. The molecule has 0 bridgehead atoms. The van der Waals surface area contributed by atoms with Crippen molar-refractivity contribution < 1.29 is 4.79 Å². The van der Waals surface area contributed by atoms with Crippen LogP contribution in [0.15, 0.2) is 12.4 Å². The number of aromatic amines is 1. The van der Waals surface area contributed by atoms with Gasteiger partial charge in [0.15, 0.2) is 0 Å². The number of H-pyrrole nitrogens is 1. The van der Waals surface area contributed by atoms with Gasteiger partial charge in [0.1, 0.15) is 5.82 Å². The van der Waals surface area contributed by atoms with E-state index < -0.39 is 0 Å². The van der Waals surface area contributed by atoms with Gasteiger partial charge in [-0.1, -0.05) is 6.92 Å². The van der Waals surface area contributed by atoms with Crippen molar-refractivity contribution in [2.45, 2.75) is 38.6 Å². The number of carbonyl (C=O) groups excluding carboxylic acids is 1. The average molecular weight is 207 g/mol. The second-order valence-electron chi connectivity index (χ2n) is 3.97. The van der Waals surface area contributed by atoms with Crippen LogP contribution in [0.5, 0.6) is 0 Å². The van der Waals surface area contributed by atoms with Crippen LogP contribution in [0.3, 0.4) is 0 Å². The lowest BCUT2D eigenvalue weighted by Gasteiger charge is -2.22. The highest BCUT2D eigenvalue weighted by molar-refractivity contribution is 5.76. The molecule has 82 valence electrons. The molecule has 1 saturated heterocycles. The molecule has 1 fully saturated rings. The molecule has 2 heterocycles. The number of carbonyl (C=O) groups is 1. The number of hydrogen-bond acceptors (Lipinski definition) is 2. The molecule has 0 saturated carbocycles. The molecule has 1 aliphatic heterocycles. The van der Waals surface area contributed by atoms with E-state index in [0.29, 0.717) is 6.42 Å². The molecule has 0 radical (unpaired) electrons. The largest absolute Gasteiger partial charge is 0.347 e. The van der Waals surface area contributed by atoms with Crippen LogP contribution in [-0.2, 0) is 4.79 Å². The standard InChI is InChI=1S/C11H17N3O/c1-2-4-10(15)14-8-3-5-9(14)11-12-6-7-13-11/h6-7,9H,2-5,8H2,1H3,(H,12,13)/t9-/m0/s1. The third-order valence-electron chi connectivity index (χ3n) is 2.87. The molecule has 1 atom stereocenters. The number of hydrogen-bond donors (Lipinski definition) is 1. The molecule has 0 aromatic carbocycles. The maximum absolute atomic E-state index is 11.8. The number of rotatable bonds is 3. The van der Waals surface area contributed by atoms with Crippen LogP contribution in [0.1, 0.15) is 44.5 Å². The van der Waals surface area contributed by atoms with Gasteiger partial charge >= 0.3 is 0 Å². The van der Waals surface area contributed by atoms with Crippen LogP contribution in [0.25, 0.3) is 0 Å². The fourth-order valence-electron chi connectivity index (χ4n) is 2.17. The third kappa shape index (κ3) is 2.03. The van der Waals surface area contributed by atoms with E-state index in [1.54, 1.807) is 6.20 Å². The molecule has 1 aromatic heterocycles. The average Bonchev–Trinajstić information content (AvgIpc) is 2.88. The van der Waals surface area contributed by atoms with Crippen LogP contribution in [0, 0.1) is 0 Å². The fraction of sp³-hybridized carbons (Fsp3) is 0.636. The summed E-state index contributed by atoms with van der Waals surface area (Å²) in [5.74, 6) is 1.19. The summed E-state index contributed by atoms with van der Waals surface area (Å²) >= 11 is 0. The predicted octanol–water partition coefficient (Wildman–Crippen LogP) is 1.87. The summed E-state index contributed by atoms with van der Waals surface area (Å²) in [4.78, 5) is 21.1. The van der Waals surface area contributed by atoms with Crippen molar-refractivity contribution in [1.29, 1.82) is 0 Å². The minimum absolute atomic E-state index is 0.180. The number of likely N-dealkylation sites (tertiary alicyclic amines) is 1. The highest BCUT2D eigenvalue weighted by Gasteiger charge is 2.30. The van der Waals surface area contributed by atoms with Crippen molar-refractivity contribution in [2.24, 2.45) is 0 Å². The predicted molar refractivity (Wildman–Crippen MR) is 57.2 cm³/mol. The first-order chi connectivity index (χ1) is 7.33. The highest BCUT2D eigenvalue weighted by Crippen LogP contribution is 2.30. The molecule has 0 aliphatic carbocycles. The molecule has 2 rings (SSSR count). The van der Waals surface area contributed by atoms with Gasteiger partial charge < -0.3 is 9.88 Å². The lowest BCUT2D eigenvalue weighted by atomic mass is 10.2. The SMILES string of the molecule is CCCC(=O)N1CCC[C@H]1c1ncc[nH]1. The van der Waals surface area contributed by atoms with Crippen LogP contribution in [0.4, 0.5) is 0 Å². The Morgan fingerprint density at radius 2 is 2.60 bits per heavy atom. The molecule has 1 N–H and O–H groups in total. The summed E-state index contributed by atoms with van der Waals surface area (Å²) in [5, 5.41) is 0. The van der Waals surface area contributed by atoms with Crippen molar-refractivity contribution in [1.82, 2.24) is 14.9 Å².